The van der Waals surface area contributed by atoms with Crippen LogP contribution in [-0.2, 0) is 4.79 Å². The van der Waals surface area contributed by atoms with Crippen LogP contribution in [-0.4, -0.2) is 11.9 Å². The number of carbonyl (C=O) groups excluding carboxylic acids is 1. The zero-order valence-electron chi connectivity index (χ0n) is 10.8. The molecule has 4 nitrogen and oxygen atoms in total. The lowest BCUT2D eigenvalue weighted by Crippen LogP contribution is -2.32. The molecule has 1 aromatic heterocycles. The van der Waals surface area contributed by atoms with Crippen molar-refractivity contribution in [2.75, 3.05) is 5.32 Å². The van der Waals surface area contributed by atoms with E-state index in [1.165, 1.54) is 0 Å². The number of para-hydroxylation sites is 1. The Hall–Kier alpha value is -1.81. The van der Waals surface area contributed by atoms with Gasteiger partial charge in [-0.25, -0.2) is 0 Å². The summed E-state index contributed by atoms with van der Waals surface area (Å²) in [6.07, 6.45) is 5.23. The molecule has 3 rings (SSSR count). The van der Waals surface area contributed by atoms with Crippen molar-refractivity contribution in [3.05, 3.63) is 30.5 Å². The van der Waals surface area contributed by atoms with Crippen molar-refractivity contribution in [1.29, 1.82) is 0 Å². The summed E-state index contributed by atoms with van der Waals surface area (Å²) in [5.74, 6) is 0.159. The van der Waals surface area contributed by atoms with Crippen molar-refractivity contribution in [3.63, 3.8) is 0 Å². The molecule has 100 valence electrons. The summed E-state index contributed by atoms with van der Waals surface area (Å²) in [5.41, 5.74) is 7.42. The van der Waals surface area contributed by atoms with Crippen LogP contribution in [0.5, 0.6) is 0 Å². The van der Waals surface area contributed by atoms with Gasteiger partial charge in [0.05, 0.1) is 5.69 Å². The van der Waals surface area contributed by atoms with Crippen molar-refractivity contribution < 1.29 is 9.21 Å². The van der Waals surface area contributed by atoms with Crippen LogP contribution in [0.25, 0.3) is 11.0 Å². The number of fused-ring (bicyclic) bond motifs is 1. The summed E-state index contributed by atoms with van der Waals surface area (Å²) in [6.45, 7) is 0. The molecule has 1 amide bonds. The minimum absolute atomic E-state index is 0.0773. The second-order valence-electron chi connectivity index (χ2n) is 5.25. The lowest BCUT2D eigenvalue weighted by atomic mass is 9.86. The van der Waals surface area contributed by atoms with Gasteiger partial charge in [0.15, 0.2) is 0 Å². The fourth-order valence-electron chi connectivity index (χ4n) is 2.69. The van der Waals surface area contributed by atoms with Gasteiger partial charge < -0.3 is 15.5 Å². The third-order valence-electron chi connectivity index (χ3n) is 3.88. The van der Waals surface area contributed by atoms with E-state index in [4.69, 9.17) is 10.2 Å². The average molecular weight is 258 g/mol. The lowest BCUT2D eigenvalue weighted by molar-refractivity contribution is -0.120. The van der Waals surface area contributed by atoms with Gasteiger partial charge in [0.2, 0.25) is 5.91 Å². The maximum atomic E-state index is 12.2. The molecule has 0 bridgehead atoms. The van der Waals surface area contributed by atoms with E-state index in [0.29, 0.717) is 0 Å². The fraction of sp³-hybridized carbons (Fsp3) is 0.400. The molecule has 0 saturated heterocycles. The van der Waals surface area contributed by atoms with E-state index in [1.54, 1.807) is 6.26 Å². The van der Waals surface area contributed by atoms with Crippen molar-refractivity contribution in [2.45, 2.75) is 31.7 Å². The molecule has 1 fully saturated rings. The van der Waals surface area contributed by atoms with E-state index in [-0.39, 0.29) is 17.9 Å². The Morgan fingerprint density at radius 1 is 1.21 bits per heavy atom. The van der Waals surface area contributed by atoms with Gasteiger partial charge in [0, 0.05) is 17.3 Å². The van der Waals surface area contributed by atoms with E-state index in [1.807, 2.05) is 24.3 Å². The van der Waals surface area contributed by atoms with E-state index in [0.717, 1.165) is 42.3 Å². The predicted octanol–water partition coefficient (Wildman–Crippen LogP) is 2.89. The highest BCUT2D eigenvalue weighted by molar-refractivity contribution is 6.01. The summed E-state index contributed by atoms with van der Waals surface area (Å²) in [6, 6.07) is 7.96. The standard InChI is InChI=1S/C15H18N2O2/c16-11-7-5-10(6-8-11)15(18)17-13-9-19-14-4-2-1-3-12(13)14/h1-4,9-11H,5-8,16H2,(H,17,18). The average Bonchev–Trinajstić information content (AvgIpc) is 2.83. The first-order chi connectivity index (χ1) is 9.24. The molecule has 4 heteroatoms. The normalized spacial score (nSPS) is 23.4. The van der Waals surface area contributed by atoms with Gasteiger partial charge in [-0.05, 0) is 37.8 Å². The van der Waals surface area contributed by atoms with Gasteiger partial charge in [-0.15, -0.1) is 0 Å². The molecule has 1 aliphatic rings. The summed E-state index contributed by atoms with van der Waals surface area (Å²) in [5, 5.41) is 3.92. The topological polar surface area (TPSA) is 68.3 Å². The van der Waals surface area contributed by atoms with E-state index in [2.05, 4.69) is 5.32 Å². The largest absolute Gasteiger partial charge is 0.462 e. The second kappa shape index (κ2) is 5.05. The summed E-state index contributed by atoms with van der Waals surface area (Å²) in [4.78, 5) is 12.2. The molecular formula is C15H18N2O2. The monoisotopic (exact) mass is 258 g/mol. The summed E-state index contributed by atoms with van der Waals surface area (Å²) >= 11 is 0. The van der Waals surface area contributed by atoms with Crippen molar-refractivity contribution in [3.8, 4) is 0 Å². The van der Waals surface area contributed by atoms with Crippen molar-refractivity contribution in [1.82, 2.24) is 0 Å². The SMILES string of the molecule is NC1CCC(C(=O)Nc2coc3ccccc23)CC1. The summed E-state index contributed by atoms with van der Waals surface area (Å²) in [7, 11) is 0. The zero-order chi connectivity index (χ0) is 13.2. The maximum Gasteiger partial charge on any atom is 0.227 e. The summed E-state index contributed by atoms with van der Waals surface area (Å²) < 4.78 is 5.42. The highest BCUT2D eigenvalue weighted by atomic mass is 16.3. The van der Waals surface area contributed by atoms with E-state index >= 15 is 0 Å². The number of furan rings is 1. The molecule has 0 unspecified atom stereocenters. The van der Waals surface area contributed by atoms with Crippen LogP contribution in [0.1, 0.15) is 25.7 Å². The molecule has 0 spiro atoms. The Morgan fingerprint density at radius 3 is 2.74 bits per heavy atom. The molecular weight excluding hydrogens is 240 g/mol. The van der Waals surface area contributed by atoms with Gasteiger partial charge in [0.25, 0.3) is 0 Å². The van der Waals surface area contributed by atoms with Crippen LogP contribution >= 0.6 is 0 Å². The van der Waals surface area contributed by atoms with Crippen molar-refractivity contribution in [2.24, 2.45) is 11.7 Å². The smallest absolute Gasteiger partial charge is 0.227 e. The molecule has 2 aromatic rings. The van der Waals surface area contributed by atoms with Crippen molar-refractivity contribution >= 4 is 22.6 Å². The molecule has 19 heavy (non-hydrogen) atoms. The van der Waals surface area contributed by atoms with Crippen LogP contribution in [0.15, 0.2) is 34.9 Å². The van der Waals surface area contributed by atoms with Crippen LogP contribution < -0.4 is 11.1 Å². The predicted molar refractivity (Wildman–Crippen MR) is 74.8 cm³/mol. The number of anilines is 1. The highest BCUT2D eigenvalue weighted by Gasteiger charge is 2.25. The number of nitrogens with one attached hydrogen (secondary N) is 1. The third-order valence-corrected chi connectivity index (χ3v) is 3.88. The number of carbonyl (C=O) groups is 1. The Kier molecular flexibility index (Phi) is 3.25. The van der Waals surface area contributed by atoms with Crippen LogP contribution in [0, 0.1) is 5.92 Å². The number of rotatable bonds is 2. The van der Waals surface area contributed by atoms with Crippen LogP contribution in [0.4, 0.5) is 5.69 Å². The first-order valence-electron chi connectivity index (χ1n) is 6.76. The van der Waals surface area contributed by atoms with Gasteiger partial charge >= 0.3 is 0 Å². The number of nitrogens with two attached hydrogens (primary N) is 1. The van der Waals surface area contributed by atoms with Crippen LogP contribution in [0.2, 0.25) is 0 Å². The second-order valence-corrected chi connectivity index (χ2v) is 5.25. The maximum absolute atomic E-state index is 12.2. The molecule has 1 aliphatic carbocycles. The molecule has 0 aliphatic heterocycles. The first kappa shape index (κ1) is 12.2. The minimum Gasteiger partial charge on any atom is -0.462 e. The molecule has 3 N–H and O–H groups in total. The lowest BCUT2D eigenvalue weighted by Gasteiger charge is -2.24. The molecule has 0 radical (unpaired) electrons. The third kappa shape index (κ3) is 2.49. The number of hydrogen-bond acceptors (Lipinski definition) is 3. The van der Waals surface area contributed by atoms with Crippen LogP contribution in [0.3, 0.4) is 0 Å². The Bertz CT molecular complexity index is 583. The quantitative estimate of drug-likeness (QED) is 0.870. The Balaban J connectivity index is 1.72. The molecule has 1 saturated carbocycles. The number of hydrogen-bond donors (Lipinski definition) is 2. The number of amides is 1. The van der Waals surface area contributed by atoms with E-state index < -0.39 is 0 Å². The Labute approximate surface area is 112 Å². The molecule has 1 heterocycles. The zero-order valence-corrected chi connectivity index (χ0v) is 10.8. The molecule has 0 atom stereocenters. The molecule has 1 aromatic carbocycles. The minimum atomic E-state index is 0.0773. The highest BCUT2D eigenvalue weighted by Crippen LogP contribution is 2.28. The first-order valence-corrected chi connectivity index (χ1v) is 6.76. The van der Waals surface area contributed by atoms with Gasteiger partial charge in [-0.1, -0.05) is 12.1 Å². The Morgan fingerprint density at radius 2 is 1.95 bits per heavy atom. The number of benzene rings is 1. The van der Waals surface area contributed by atoms with Gasteiger partial charge in [-0.3, -0.25) is 4.79 Å². The fourth-order valence-corrected chi connectivity index (χ4v) is 2.69. The van der Waals surface area contributed by atoms with Gasteiger partial charge in [0.1, 0.15) is 11.8 Å². The van der Waals surface area contributed by atoms with Gasteiger partial charge in [-0.2, -0.15) is 0 Å². The van der Waals surface area contributed by atoms with E-state index in [9.17, 15) is 4.79 Å².